The van der Waals surface area contributed by atoms with Crippen molar-refractivity contribution < 1.29 is 4.74 Å². The molecule has 0 fully saturated rings. The summed E-state index contributed by atoms with van der Waals surface area (Å²) in [4.78, 5) is 0. The van der Waals surface area contributed by atoms with E-state index in [0.717, 1.165) is 18.6 Å². The maximum atomic E-state index is 6.04. The van der Waals surface area contributed by atoms with Gasteiger partial charge in [0.2, 0.25) is 0 Å². The van der Waals surface area contributed by atoms with Gasteiger partial charge in [0.25, 0.3) is 0 Å². The highest BCUT2D eigenvalue weighted by Gasteiger charge is 2.22. The summed E-state index contributed by atoms with van der Waals surface area (Å²) < 4.78 is 5.34. The number of hydrogen-bond donors (Lipinski definition) is 1. The molecule has 2 heteroatoms. The van der Waals surface area contributed by atoms with Crippen molar-refractivity contribution in [3.63, 3.8) is 0 Å². The fraction of sp³-hybridized carbons (Fsp3) is 0.294. The van der Waals surface area contributed by atoms with Gasteiger partial charge in [-0.2, -0.15) is 0 Å². The first-order valence-corrected chi connectivity index (χ1v) is 6.78. The number of hydrogen-bond acceptors (Lipinski definition) is 2. The molecule has 0 saturated carbocycles. The monoisotopic (exact) mass is 253 g/mol. The Bertz CT molecular complexity index is 592. The molecule has 0 radical (unpaired) electrons. The van der Waals surface area contributed by atoms with Crippen LogP contribution in [-0.2, 0) is 12.8 Å². The van der Waals surface area contributed by atoms with Crippen LogP contribution in [0.1, 0.15) is 28.2 Å². The molecule has 1 aliphatic carbocycles. The zero-order valence-electron chi connectivity index (χ0n) is 11.2. The molecule has 0 amide bonds. The quantitative estimate of drug-likeness (QED) is 0.893. The molecule has 2 nitrogen and oxygen atoms in total. The van der Waals surface area contributed by atoms with E-state index < -0.39 is 0 Å². The fourth-order valence-corrected chi connectivity index (χ4v) is 3.06. The van der Waals surface area contributed by atoms with Crippen LogP contribution in [0.2, 0.25) is 0 Å². The van der Waals surface area contributed by atoms with Gasteiger partial charge in [-0.05, 0) is 47.2 Å². The highest BCUT2D eigenvalue weighted by Crippen LogP contribution is 2.35. The van der Waals surface area contributed by atoms with E-state index in [4.69, 9.17) is 10.5 Å². The average molecular weight is 253 g/mol. The van der Waals surface area contributed by atoms with Gasteiger partial charge in [0.15, 0.2) is 0 Å². The van der Waals surface area contributed by atoms with Gasteiger partial charge in [-0.1, -0.05) is 30.3 Å². The Morgan fingerprint density at radius 3 is 2.58 bits per heavy atom. The summed E-state index contributed by atoms with van der Waals surface area (Å²) in [7, 11) is 1.72. The molecule has 98 valence electrons. The van der Waals surface area contributed by atoms with Crippen LogP contribution in [0, 0.1) is 0 Å². The molecule has 2 aromatic rings. The number of aryl methyl sites for hydroxylation is 2. The third kappa shape index (κ3) is 2.13. The lowest BCUT2D eigenvalue weighted by atomic mass is 9.88. The highest BCUT2D eigenvalue weighted by atomic mass is 16.5. The zero-order chi connectivity index (χ0) is 13.2. The van der Waals surface area contributed by atoms with Crippen LogP contribution < -0.4 is 10.5 Å². The van der Waals surface area contributed by atoms with Crippen molar-refractivity contribution in [2.45, 2.75) is 18.8 Å². The van der Waals surface area contributed by atoms with Crippen molar-refractivity contribution in [2.75, 3.05) is 13.7 Å². The molecule has 1 atom stereocenters. The third-order valence-corrected chi connectivity index (χ3v) is 4.06. The first-order valence-electron chi connectivity index (χ1n) is 6.78. The number of ether oxygens (including phenoxy) is 1. The predicted molar refractivity (Wildman–Crippen MR) is 77.7 cm³/mol. The SMILES string of the molecule is COc1ccc2c(c1)CCc1ccccc1[C@@H]2CN. The van der Waals surface area contributed by atoms with Gasteiger partial charge in [-0.15, -0.1) is 0 Å². The van der Waals surface area contributed by atoms with Gasteiger partial charge in [0.1, 0.15) is 5.75 Å². The molecule has 1 aliphatic rings. The summed E-state index contributed by atoms with van der Waals surface area (Å²) in [5.41, 5.74) is 11.6. The zero-order valence-corrected chi connectivity index (χ0v) is 11.2. The average Bonchev–Trinajstić information content (AvgIpc) is 2.63. The summed E-state index contributed by atoms with van der Waals surface area (Å²) in [6.45, 7) is 0.649. The normalized spacial score (nSPS) is 17.3. The minimum Gasteiger partial charge on any atom is -0.497 e. The molecule has 0 heterocycles. The standard InChI is InChI=1S/C17H19NO/c1-19-14-8-9-16-13(10-14)7-6-12-4-2-3-5-15(12)17(16)11-18/h2-5,8-10,17H,6-7,11,18H2,1H3/t17-/m0/s1. The van der Waals surface area contributed by atoms with Crippen molar-refractivity contribution in [1.82, 2.24) is 0 Å². The smallest absolute Gasteiger partial charge is 0.119 e. The lowest BCUT2D eigenvalue weighted by Crippen LogP contribution is -2.15. The first kappa shape index (κ1) is 12.2. The van der Waals surface area contributed by atoms with Gasteiger partial charge in [0, 0.05) is 12.5 Å². The van der Waals surface area contributed by atoms with Crippen LogP contribution in [0.25, 0.3) is 0 Å². The van der Waals surface area contributed by atoms with Crippen molar-refractivity contribution in [1.29, 1.82) is 0 Å². The molecule has 0 spiro atoms. The Hall–Kier alpha value is -1.80. The Morgan fingerprint density at radius 1 is 1.05 bits per heavy atom. The lowest BCUT2D eigenvalue weighted by Gasteiger charge is -2.18. The molecule has 0 unspecified atom stereocenters. The number of methoxy groups -OCH3 is 1. The number of rotatable bonds is 2. The molecule has 2 aromatic carbocycles. The van der Waals surface area contributed by atoms with Crippen LogP contribution in [0.5, 0.6) is 5.75 Å². The van der Waals surface area contributed by atoms with Crippen molar-refractivity contribution in [2.24, 2.45) is 5.73 Å². The van der Waals surface area contributed by atoms with Gasteiger partial charge in [0.05, 0.1) is 7.11 Å². The molecular weight excluding hydrogens is 234 g/mol. The molecule has 0 aromatic heterocycles. The Morgan fingerprint density at radius 2 is 1.79 bits per heavy atom. The molecule has 3 rings (SSSR count). The molecule has 0 bridgehead atoms. The Labute approximate surface area is 114 Å². The second kappa shape index (κ2) is 5.06. The second-order valence-electron chi connectivity index (χ2n) is 5.05. The number of fused-ring (bicyclic) bond motifs is 2. The minimum atomic E-state index is 0.305. The van der Waals surface area contributed by atoms with Crippen LogP contribution in [0.15, 0.2) is 42.5 Å². The van der Waals surface area contributed by atoms with E-state index in [1.165, 1.54) is 22.3 Å². The van der Waals surface area contributed by atoms with Crippen molar-refractivity contribution in [3.05, 3.63) is 64.7 Å². The van der Waals surface area contributed by atoms with E-state index in [1.807, 2.05) is 6.07 Å². The summed E-state index contributed by atoms with van der Waals surface area (Å²) in [5.74, 6) is 1.24. The number of benzene rings is 2. The summed E-state index contributed by atoms with van der Waals surface area (Å²) in [6, 6.07) is 15.0. The van der Waals surface area contributed by atoms with Crippen molar-refractivity contribution in [3.8, 4) is 5.75 Å². The highest BCUT2D eigenvalue weighted by molar-refractivity contribution is 5.47. The summed E-state index contributed by atoms with van der Waals surface area (Å²) in [6.07, 6.45) is 2.13. The lowest BCUT2D eigenvalue weighted by molar-refractivity contribution is 0.414. The largest absolute Gasteiger partial charge is 0.497 e. The molecule has 0 saturated heterocycles. The Balaban J connectivity index is 2.13. The van der Waals surface area contributed by atoms with Gasteiger partial charge in [-0.3, -0.25) is 0 Å². The van der Waals surface area contributed by atoms with Crippen molar-refractivity contribution >= 4 is 0 Å². The summed E-state index contributed by atoms with van der Waals surface area (Å²) >= 11 is 0. The van der Waals surface area contributed by atoms with E-state index >= 15 is 0 Å². The first-order chi connectivity index (χ1) is 9.33. The predicted octanol–water partition coefficient (Wildman–Crippen LogP) is 2.88. The van der Waals surface area contributed by atoms with E-state index in [-0.39, 0.29) is 0 Å². The van der Waals surface area contributed by atoms with Crippen LogP contribution >= 0.6 is 0 Å². The van der Waals surface area contributed by atoms with E-state index in [9.17, 15) is 0 Å². The minimum absolute atomic E-state index is 0.305. The van der Waals surface area contributed by atoms with Gasteiger partial charge < -0.3 is 10.5 Å². The summed E-state index contributed by atoms with van der Waals surface area (Å²) in [5, 5.41) is 0. The van der Waals surface area contributed by atoms with E-state index in [1.54, 1.807) is 7.11 Å². The van der Waals surface area contributed by atoms with E-state index in [2.05, 4.69) is 36.4 Å². The van der Waals surface area contributed by atoms with Crippen LogP contribution in [-0.4, -0.2) is 13.7 Å². The fourth-order valence-electron chi connectivity index (χ4n) is 3.06. The topological polar surface area (TPSA) is 35.2 Å². The van der Waals surface area contributed by atoms with E-state index in [0.29, 0.717) is 12.5 Å². The maximum Gasteiger partial charge on any atom is 0.119 e. The second-order valence-corrected chi connectivity index (χ2v) is 5.05. The molecule has 0 aliphatic heterocycles. The number of nitrogens with two attached hydrogens (primary N) is 1. The van der Waals surface area contributed by atoms with Gasteiger partial charge in [-0.25, -0.2) is 0 Å². The van der Waals surface area contributed by atoms with Gasteiger partial charge >= 0.3 is 0 Å². The Kier molecular flexibility index (Phi) is 3.26. The van der Waals surface area contributed by atoms with Crippen LogP contribution in [0.4, 0.5) is 0 Å². The van der Waals surface area contributed by atoms with Crippen LogP contribution in [0.3, 0.4) is 0 Å². The molecular formula is C17H19NO. The molecule has 2 N–H and O–H groups in total. The molecule has 19 heavy (non-hydrogen) atoms. The third-order valence-electron chi connectivity index (χ3n) is 4.06. The maximum absolute atomic E-state index is 6.04.